The van der Waals surface area contributed by atoms with Crippen molar-refractivity contribution in [2.75, 3.05) is 29.4 Å². The van der Waals surface area contributed by atoms with E-state index in [9.17, 15) is 4.79 Å². The highest BCUT2D eigenvalue weighted by Gasteiger charge is 2.21. The third-order valence-corrected chi connectivity index (χ3v) is 4.35. The van der Waals surface area contributed by atoms with Gasteiger partial charge in [0.1, 0.15) is 17.3 Å². The lowest BCUT2D eigenvalue weighted by Crippen LogP contribution is -2.33. The van der Waals surface area contributed by atoms with Crippen molar-refractivity contribution in [1.82, 2.24) is 9.97 Å². The fourth-order valence-corrected chi connectivity index (χ4v) is 3.14. The van der Waals surface area contributed by atoms with Crippen LogP contribution in [0.25, 0.3) is 0 Å². The molecule has 126 valence electrons. The van der Waals surface area contributed by atoms with Crippen molar-refractivity contribution < 1.29 is 4.79 Å². The van der Waals surface area contributed by atoms with Crippen molar-refractivity contribution in [3.63, 3.8) is 0 Å². The molecule has 5 nitrogen and oxygen atoms in total. The van der Waals surface area contributed by atoms with Crippen LogP contribution in [0.5, 0.6) is 0 Å². The number of nitrogens with zero attached hydrogens (tertiary/aromatic N) is 4. The second-order valence-electron chi connectivity index (χ2n) is 6.09. The minimum Gasteiger partial charge on any atom is -0.356 e. The molecule has 5 heteroatoms. The monoisotopic (exact) mass is 324 g/mol. The second kappa shape index (κ2) is 7.43. The van der Waals surface area contributed by atoms with Gasteiger partial charge in [-0.05, 0) is 45.2 Å². The number of carbonyl (C=O) groups excluding carboxylic acids is 1. The van der Waals surface area contributed by atoms with Gasteiger partial charge in [0.05, 0.1) is 0 Å². The zero-order valence-electron chi connectivity index (χ0n) is 14.4. The van der Waals surface area contributed by atoms with Crippen LogP contribution in [0, 0.1) is 6.92 Å². The molecule has 3 rings (SSSR count). The molecule has 0 unspecified atom stereocenters. The van der Waals surface area contributed by atoms with E-state index in [1.807, 2.05) is 50.2 Å². The summed E-state index contributed by atoms with van der Waals surface area (Å²) in [6.07, 6.45) is 3.62. The topological polar surface area (TPSA) is 49.3 Å². The molecule has 0 saturated carbocycles. The number of carbonyl (C=O) groups is 1. The number of para-hydroxylation sites is 1. The van der Waals surface area contributed by atoms with Gasteiger partial charge in [-0.3, -0.25) is 4.79 Å². The van der Waals surface area contributed by atoms with Gasteiger partial charge in [-0.1, -0.05) is 18.2 Å². The summed E-state index contributed by atoms with van der Waals surface area (Å²) < 4.78 is 0. The third-order valence-electron chi connectivity index (χ3n) is 4.35. The molecule has 2 heterocycles. The first kappa shape index (κ1) is 16.4. The number of piperidine rings is 1. The van der Waals surface area contributed by atoms with Crippen molar-refractivity contribution >= 4 is 17.4 Å². The number of amides is 1. The number of hydrogen-bond acceptors (Lipinski definition) is 4. The molecule has 0 bridgehead atoms. The summed E-state index contributed by atoms with van der Waals surface area (Å²) >= 11 is 0. The van der Waals surface area contributed by atoms with Crippen LogP contribution in [0.4, 0.5) is 11.5 Å². The third kappa shape index (κ3) is 3.55. The average molecular weight is 324 g/mol. The molecule has 0 N–H and O–H groups in total. The van der Waals surface area contributed by atoms with Crippen LogP contribution >= 0.6 is 0 Å². The van der Waals surface area contributed by atoms with Crippen LogP contribution in [-0.4, -0.2) is 35.5 Å². The van der Waals surface area contributed by atoms with Crippen molar-refractivity contribution in [2.24, 2.45) is 0 Å². The summed E-state index contributed by atoms with van der Waals surface area (Å²) in [5, 5.41) is 0. The smallest absolute Gasteiger partial charge is 0.277 e. The lowest BCUT2D eigenvalue weighted by molar-refractivity contribution is 0.0983. The largest absolute Gasteiger partial charge is 0.356 e. The fourth-order valence-electron chi connectivity index (χ4n) is 3.14. The van der Waals surface area contributed by atoms with Gasteiger partial charge < -0.3 is 9.80 Å². The first-order valence-electron chi connectivity index (χ1n) is 8.66. The van der Waals surface area contributed by atoms with Crippen molar-refractivity contribution in [3.05, 3.63) is 47.9 Å². The molecule has 2 aromatic rings. The minimum atomic E-state index is -0.0764. The molecule has 1 saturated heterocycles. The zero-order chi connectivity index (χ0) is 16.9. The maximum absolute atomic E-state index is 13.0. The van der Waals surface area contributed by atoms with Crippen LogP contribution in [-0.2, 0) is 0 Å². The van der Waals surface area contributed by atoms with Gasteiger partial charge in [-0.25, -0.2) is 9.97 Å². The maximum Gasteiger partial charge on any atom is 0.277 e. The average Bonchev–Trinajstić information content (AvgIpc) is 2.63. The number of hydrogen-bond donors (Lipinski definition) is 0. The number of aryl methyl sites for hydroxylation is 1. The summed E-state index contributed by atoms with van der Waals surface area (Å²) in [6, 6.07) is 11.6. The van der Waals surface area contributed by atoms with E-state index in [2.05, 4.69) is 14.9 Å². The van der Waals surface area contributed by atoms with Crippen LogP contribution in [0.3, 0.4) is 0 Å². The van der Waals surface area contributed by atoms with Crippen LogP contribution < -0.4 is 9.80 Å². The van der Waals surface area contributed by atoms with Gasteiger partial charge in [0.2, 0.25) is 0 Å². The SMILES string of the molecule is CCN(C(=O)c1cc(N2CCCCC2)nc(C)n1)c1ccccc1. The van der Waals surface area contributed by atoms with Crippen molar-refractivity contribution in [2.45, 2.75) is 33.1 Å². The van der Waals surface area contributed by atoms with Crippen LogP contribution in [0.15, 0.2) is 36.4 Å². The zero-order valence-corrected chi connectivity index (χ0v) is 14.4. The van der Waals surface area contributed by atoms with E-state index in [0.717, 1.165) is 24.6 Å². The lowest BCUT2D eigenvalue weighted by atomic mass is 10.1. The highest BCUT2D eigenvalue weighted by molar-refractivity contribution is 6.05. The Hall–Kier alpha value is -2.43. The Labute approximate surface area is 143 Å². The van der Waals surface area contributed by atoms with Gasteiger partial charge in [0.15, 0.2) is 0 Å². The Morgan fingerprint density at radius 1 is 1.12 bits per heavy atom. The van der Waals surface area contributed by atoms with E-state index in [0.29, 0.717) is 18.1 Å². The molecule has 24 heavy (non-hydrogen) atoms. The van der Waals surface area contributed by atoms with Crippen molar-refractivity contribution in [3.8, 4) is 0 Å². The predicted octanol–water partition coefficient (Wildman–Crippen LogP) is 3.44. The van der Waals surface area contributed by atoms with Gasteiger partial charge >= 0.3 is 0 Å². The van der Waals surface area contributed by atoms with Gasteiger partial charge in [-0.2, -0.15) is 0 Å². The first-order valence-corrected chi connectivity index (χ1v) is 8.66. The normalized spacial score (nSPS) is 14.5. The quantitative estimate of drug-likeness (QED) is 0.864. The highest BCUT2D eigenvalue weighted by Crippen LogP contribution is 2.21. The van der Waals surface area contributed by atoms with Gasteiger partial charge in [-0.15, -0.1) is 0 Å². The predicted molar refractivity (Wildman–Crippen MR) is 96.6 cm³/mol. The lowest BCUT2D eigenvalue weighted by Gasteiger charge is -2.28. The van der Waals surface area contributed by atoms with Crippen molar-refractivity contribution in [1.29, 1.82) is 0 Å². The molecule has 0 aliphatic carbocycles. The summed E-state index contributed by atoms with van der Waals surface area (Å²) in [7, 11) is 0. The molecular weight excluding hydrogens is 300 g/mol. The molecule has 1 amide bonds. The molecule has 1 aromatic carbocycles. The molecule has 0 spiro atoms. The van der Waals surface area contributed by atoms with E-state index >= 15 is 0 Å². The number of aromatic nitrogens is 2. The number of anilines is 2. The molecule has 0 radical (unpaired) electrons. The molecular formula is C19H24N4O. The standard InChI is InChI=1S/C19H24N4O/c1-3-23(16-10-6-4-7-11-16)19(24)17-14-18(21-15(2)20-17)22-12-8-5-9-13-22/h4,6-7,10-11,14H,3,5,8-9,12-13H2,1-2H3. The summed E-state index contributed by atoms with van der Waals surface area (Å²) in [4.78, 5) is 25.9. The van der Waals surface area contributed by atoms with E-state index in [4.69, 9.17) is 0 Å². The number of rotatable bonds is 4. The Morgan fingerprint density at radius 3 is 2.50 bits per heavy atom. The van der Waals surface area contributed by atoms with Gasteiger partial charge in [0.25, 0.3) is 5.91 Å². The minimum absolute atomic E-state index is 0.0764. The summed E-state index contributed by atoms with van der Waals surface area (Å²) in [5.41, 5.74) is 1.36. The summed E-state index contributed by atoms with van der Waals surface area (Å²) in [6.45, 7) is 6.43. The fraction of sp³-hybridized carbons (Fsp3) is 0.421. The Kier molecular flexibility index (Phi) is 5.08. The summed E-state index contributed by atoms with van der Waals surface area (Å²) in [5.74, 6) is 1.44. The van der Waals surface area contributed by atoms with E-state index in [1.54, 1.807) is 4.90 Å². The van der Waals surface area contributed by atoms with Gasteiger partial charge in [0, 0.05) is 31.4 Å². The molecule has 1 aliphatic heterocycles. The Morgan fingerprint density at radius 2 is 1.83 bits per heavy atom. The maximum atomic E-state index is 13.0. The molecule has 0 atom stereocenters. The van der Waals surface area contributed by atoms with Crippen LogP contribution in [0.2, 0.25) is 0 Å². The van der Waals surface area contributed by atoms with Crippen LogP contribution in [0.1, 0.15) is 42.5 Å². The van der Waals surface area contributed by atoms with E-state index in [-0.39, 0.29) is 5.91 Å². The molecule has 1 aliphatic rings. The number of benzene rings is 1. The molecule has 1 fully saturated rings. The molecule has 1 aromatic heterocycles. The second-order valence-corrected chi connectivity index (χ2v) is 6.09. The highest BCUT2D eigenvalue weighted by atomic mass is 16.2. The Balaban J connectivity index is 1.90. The van der Waals surface area contributed by atoms with E-state index in [1.165, 1.54) is 19.3 Å². The Bertz CT molecular complexity index is 696. The first-order chi connectivity index (χ1) is 11.7. The van der Waals surface area contributed by atoms with E-state index < -0.39 is 0 Å².